The van der Waals surface area contributed by atoms with Gasteiger partial charge < -0.3 is 9.30 Å². The summed E-state index contributed by atoms with van der Waals surface area (Å²) >= 11 is 1.44. The van der Waals surface area contributed by atoms with Crippen LogP contribution < -0.4 is 4.80 Å². The molecule has 0 unspecified atom stereocenters. The van der Waals surface area contributed by atoms with E-state index in [0.717, 1.165) is 15.8 Å². The Labute approximate surface area is 204 Å². The van der Waals surface area contributed by atoms with Gasteiger partial charge in [-0.1, -0.05) is 35.6 Å². The maximum absolute atomic E-state index is 13.0. The lowest BCUT2D eigenvalue weighted by molar-refractivity contribution is 0.0996. The Balaban J connectivity index is 1.96. The van der Waals surface area contributed by atoms with Gasteiger partial charge in [0.25, 0.3) is 5.91 Å². The van der Waals surface area contributed by atoms with Gasteiger partial charge in [0.2, 0.25) is 10.0 Å². The molecule has 1 amide bonds. The number of hydrogen-bond donors (Lipinski definition) is 0. The third-order valence-electron chi connectivity index (χ3n) is 5.17. The van der Waals surface area contributed by atoms with Crippen molar-refractivity contribution in [1.29, 1.82) is 0 Å². The first-order valence-corrected chi connectivity index (χ1v) is 13.2. The molecule has 1 aromatic heterocycles. The highest BCUT2D eigenvalue weighted by atomic mass is 32.2. The third kappa shape index (κ3) is 5.61. The number of para-hydroxylation sites is 1. The molecular formula is C25H29N3O4S2. The molecule has 3 rings (SSSR count). The van der Waals surface area contributed by atoms with E-state index in [1.54, 1.807) is 0 Å². The molecule has 0 spiro atoms. The maximum Gasteiger partial charge on any atom is 0.279 e. The van der Waals surface area contributed by atoms with Crippen LogP contribution in [0.5, 0.6) is 0 Å². The summed E-state index contributed by atoms with van der Waals surface area (Å²) in [5.74, 6) is -0.438. The summed E-state index contributed by atoms with van der Waals surface area (Å²) in [6.07, 6.45) is 3.04. The molecule has 0 aliphatic carbocycles. The molecule has 2 aromatic carbocycles. The van der Waals surface area contributed by atoms with Gasteiger partial charge in [0.15, 0.2) is 4.80 Å². The van der Waals surface area contributed by atoms with Crippen LogP contribution in [-0.2, 0) is 21.3 Å². The molecule has 0 atom stereocenters. The highest BCUT2D eigenvalue weighted by molar-refractivity contribution is 7.89. The van der Waals surface area contributed by atoms with Gasteiger partial charge in [-0.05, 0) is 49.7 Å². The molecule has 34 heavy (non-hydrogen) atoms. The second-order valence-corrected chi connectivity index (χ2v) is 10.4. The van der Waals surface area contributed by atoms with Crippen LogP contribution in [0.15, 0.2) is 77.7 Å². The number of rotatable bonds is 11. The van der Waals surface area contributed by atoms with Crippen LogP contribution in [0.25, 0.3) is 10.2 Å². The molecule has 0 saturated heterocycles. The van der Waals surface area contributed by atoms with E-state index in [-0.39, 0.29) is 18.0 Å². The lowest BCUT2D eigenvalue weighted by Gasteiger charge is -2.19. The van der Waals surface area contributed by atoms with E-state index < -0.39 is 15.9 Å². The smallest absolute Gasteiger partial charge is 0.279 e. The number of ether oxygens (including phenoxy) is 1. The van der Waals surface area contributed by atoms with E-state index in [1.165, 1.54) is 52.1 Å². The molecule has 3 aromatic rings. The van der Waals surface area contributed by atoms with Crippen LogP contribution in [0, 0.1) is 6.92 Å². The van der Waals surface area contributed by atoms with Gasteiger partial charge in [-0.3, -0.25) is 4.79 Å². The minimum absolute atomic E-state index is 0.0945. The highest BCUT2D eigenvalue weighted by Gasteiger charge is 2.22. The second-order valence-electron chi connectivity index (χ2n) is 7.50. The fourth-order valence-corrected chi connectivity index (χ4v) is 6.04. The molecule has 9 heteroatoms. The van der Waals surface area contributed by atoms with Gasteiger partial charge in [-0.15, -0.1) is 13.2 Å². The lowest BCUT2D eigenvalue weighted by Crippen LogP contribution is -2.31. The molecule has 0 aliphatic rings. The van der Waals surface area contributed by atoms with Gasteiger partial charge in [0.1, 0.15) is 0 Å². The average molecular weight is 500 g/mol. The number of carbonyl (C=O) groups is 1. The number of aromatic nitrogens is 1. The van der Waals surface area contributed by atoms with Gasteiger partial charge in [-0.2, -0.15) is 9.30 Å². The number of amides is 1. The second kappa shape index (κ2) is 11.5. The zero-order valence-electron chi connectivity index (χ0n) is 19.4. The van der Waals surface area contributed by atoms with E-state index in [2.05, 4.69) is 18.2 Å². The van der Waals surface area contributed by atoms with Crippen molar-refractivity contribution in [2.45, 2.75) is 25.3 Å². The van der Waals surface area contributed by atoms with E-state index in [4.69, 9.17) is 4.74 Å². The molecule has 0 bridgehead atoms. The number of hydrogen-bond acceptors (Lipinski definition) is 5. The van der Waals surface area contributed by atoms with Crippen LogP contribution in [-0.4, -0.2) is 49.5 Å². The Morgan fingerprint density at radius 2 is 1.82 bits per heavy atom. The van der Waals surface area contributed by atoms with Gasteiger partial charge in [0, 0.05) is 31.8 Å². The summed E-state index contributed by atoms with van der Waals surface area (Å²) in [5.41, 5.74) is 2.44. The summed E-state index contributed by atoms with van der Waals surface area (Å²) in [6.45, 7) is 13.2. The molecule has 0 saturated carbocycles. The molecule has 180 valence electrons. The van der Waals surface area contributed by atoms with Crippen molar-refractivity contribution < 1.29 is 17.9 Å². The van der Waals surface area contributed by atoms with E-state index >= 15 is 0 Å². The van der Waals surface area contributed by atoms with Crippen molar-refractivity contribution in [2.75, 3.05) is 26.3 Å². The summed E-state index contributed by atoms with van der Waals surface area (Å²) in [5, 5.41) is 0. The van der Waals surface area contributed by atoms with Crippen LogP contribution in [0.3, 0.4) is 0 Å². The zero-order chi connectivity index (χ0) is 24.7. The van der Waals surface area contributed by atoms with Gasteiger partial charge in [-0.25, -0.2) is 8.42 Å². The first-order valence-electron chi connectivity index (χ1n) is 10.9. The summed E-state index contributed by atoms with van der Waals surface area (Å²) in [6, 6.07) is 11.8. The molecule has 7 nitrogen and oxygen atoms in total. The van der Waals surface area contributed by atoms with Crippen LogP contribution >= 0.6 is 11.3 Å². The normalized spacial score (nSPS) is 12.4. The topological polar surface area (TPSA) is 81.0 Å². The molecule has 0 fully saturated rings. The SMILES string of the molecule is C=CCN(CC=C)S(=O)(=O)c1ccc(C(=O)N=c2sc3cccc(C)c3n2CCOCC)cc1. The Morgan fingerprint density at radius 3 is 2.44 bits per heavy atom. The van der Waals surface area contributed by atoms with Crippen molar-refractivity contribution in [3.8, 4) is 0 Å². The minimum Gasteiger partial charge on any atom is -0.380 e. The van der Waals surface area contributed by atoms with E-state index in [0.29, 0.717) is 30.1 Å². The summed E-state index contributed by atoms with van der Waals surface area (Å²) < 4.78 is 35.6. The summed E-state index contributed by atoms with van der Waals surface area (Å²) in [4.78, 5) is 18.0. The fraction of sp³-hybridized carbons (Fsp3) is 0.280. The van der Waals surface area contributed by atoms with Gasteiger partial charge >= 0.3 is 0 Å². The zero-order valence-corrected chi connectivity index (χ0v) is 21.1. The Bertz CT molecular complexity index is 1340. The van der Waals surface area contributed by atoms with Crippen molar-refractivity contribution in [3.63, 3.8) is 0 Å². The van der Waals surface area contributed by atoms with Crippen LogP contribution in [0.1, 0.15) is 22.8 Å². The van der Waals surface area contributed by atoms with Crippen molar-refractivity contribution in [3.05, 3.63) is 83.7 Å². The van der Waals surface area contributed by atoms with Crippen molar-refractivity contribution in [2.24, 2.45) is 4.99 Å². The largest absolute Gasteiger partial charge is 0.380 e. The average Bonchev–Trinajstić information content (AvgIpc) is 3.17. The van der Waals surface area contributed by atoms with Crippen LogP contribution in [0.4, 0.5) is 0 Å². The Kier molecular flexibility index (Phi) is 8.73. The van der Waals surface area contributed by atoms with E-state index in [1.807, 2.05) is 36.6 Å². The van der Waals surface area contributed by atoms with E-state index in [9.17, 15) is 13.2 Å². The maximum atomic E-state index is 13.0. The van der Waals surface area contributed by atoms with Crippen LogP contribution in [0.2, 0.25) is 0 Å². The first kappa shape index (κ1) is 25.8. The standard InChI is InChI=1S/C25H29N3O4S2/c1-5-15-27(16-6-2)34(30,31)21-13-11-20(12-14-21)24(29)26-25-28(17-18-32-7-3)23-19(4)9-8-10-22(23)33-25/h5-6,8-14H,1-2,7,15-18H2,3-4H3. The monoisotopic (exact) mass is 499 g/mol. The molecular weight excluding hydrogens is 470 g/mol. The van der Waals surface area contributed by atoms with Crippen molar-refractivity contribution >= 4 is 37.5 Å². The number of nitrogens with zero attached hydrogens (tertiary/aromatic N) is 3. The molecule has 0 N–H and O–H groups in total. The number of aryl methyl sites for hydroxylation is 1. The number of carbonyl (C=O) groups excluding carboxylic acids is 1. The number of thiazole rings is 1. The number of fused-ring (bicyclic) bond motifs is 1. The molecule has 0 radical (unpaired) electrons. The van der Waals surface area contributed by atoms with Crippen molar-refractivity contribution in [1.82, 2.24) is 8.87 Å². The molecule has 1 heterocycles. The lowest BCUT2D eigenvalue weighted by atomic mass is 10.2. The Morgan fingerprint density at radius 1 is 1.15 bits per heavy atom. The third-order valence-corrected chi connectivity index (χ3v) is 8.06. The highest BCUT2D eigenvalue weighted by Crippen LogP contribution is 2.21. The fourth-order valence-electron chi connectivity index (χ4n) is 3.53. The predicted octanol–water partition coefficient (Wildman–Crippen LogP) is 4.15. The number of sulfonamides is 1. The minimum atomic E-state index is -3.74. The predicted molar refractivity (Wildman–Crippen MR) is 137 cm³/mol. The number of benzene rings is 2. The molecule has 0 aliphatic heterocycles. The summed E-state index contributed by atoms with van der Waals surface area (Å²) in [7, 11) is -3.74. The Hall–Kier alpha value is -2.85. The first-order chi connectivity index (χ1) is 16.3. The van der Waals surface area contributed by atoms with Gasteiger partial charge in [0.05, 0.1) is 21.7 Å². The quantitative estimate of drug-likeness (QED) is 0.293.